The lowest BCUT2D eigenvalue weighted by atomic mass is 10.1. The number of amides is 1. The summed E-state index contributed by atoms with van der Waals surface area (Å²) in [6, 6.07) is 6.90. The van der Waals surface area contributed by atoms with Crippen LogP contribution in [0.25, 0.3) is 5.69 Å². The minimum Gasteiger partial charge on any atom is -0.391 e. The molecule has 0 saturated heterocycles. The third kappa shape index (κ3) is 3.61. The Morgan fingerprint density at radius 3 is 2.75 bits per heavy atom. The van der Waals surface area contributed by atoms with Crippen molar-refractivity contribution in [3.05, 3.63) is 36.2 Å². The number of aromatic nitrogens is 4. The third-order valence-corrected chi connectivity index (χ3v) is 2.86. The van der Waals surface area contributed by atoms with Crippen molar-refractivity contribution in [2.24, 2.45) is 0 Å². The minimum atomic E-state index is -0.496. The summed E-state index contributed by atoms with van der Waals surface area (Å²) in [5.41, 5.74) is 1.31. The average Bonchev–Trinajstić information content (AvgIpc) is 2.99. The van der Waals surface area contributed by atoms with Crippen LogP contribution < -0.4 is 5.32 Å². The number of benzene rings is 1. The normalized spacial score (nSPS) is 12.1. The summed E-state index contributed by atoms with van der Waals surface area (Å²) in [5.74, 6) is -0.205. The van der Waals surface area contributed by atoms with Crippen molar-refractivity contribution >= 4 is 5.91 Å². The van der Waals surface area contributed by atoms with Gasteiger partial charge in [-0.2, -0.15) is 0 Å². The van der Waals surface area contributed by atoms with Crippen molar-refractivity contribution in [2.75, 3.05) is 6.54 Å². The van der Waals surface area contributed by atoms with Gasteiger partial charge in [0.1, 0.15) is 6.33 Å². The number of hydrogen-bond acceptors (Lipinski definition) is 5. The summed E-state index contributed by atoms with van der Waals surface area (Å²) in [5, 5.41) is 23.1. The fourth-order valence-corrected chi connectivity index (χ4v) is 1.79. The molecule has 2 aromatic rings. The second-order valence-corrected chi connectivity index (χ2v) is 4.45. The topological polar surface area (TPSA) is 92.9 Å². The van der Waals surface area contributed by atoms with Gasteiger partial charge in [0, 0.05) is 12.1 Å². The molecule has 0 spiro atoms. The molecule has 0 aliphatic heterocycles. The van der Waals surface area contributed by atoms with Crippen molar-refractivity contribution in [2.45, 2.75) is 25.9 Å². The third-order valence-electron chi connectivity index (χ3n) is 2.86. The first-order chi connectivity index (χ1) is 9.70. The van der Waals surface area contributed by atoms with Crippen LogP contribution in [0.3, 0.4) is 0 Å². The monoisotopic (exact) mass is 275 g/mol. The molecule has 0 aliphatic rings. The van der Waals surface area contributed by atoms with Gasteiger partial charge in [0.15, 0.2) is 0 Å². The number of aliphatic hydroxyl groups excluding tert-OH is 1. The van der Waals surface area contributed by atoms with Gasteiger partial charge in [0.25, 0.3) is 5.91 Å². The van der Waals surface area contributed by atoms with Crippen LogP contribution in [0.2, 0.25) is 0 Å². The number of rotatable bonds is 6. The largest absolute Gasteiger partial charge is 0.391 e. The van der Waals surface area contributed by atoms with Crippen LogP contribution in [0, 0.1) is 0 Å². The van der Waals surface area contributed by atoms with Gasteiger partial charge in [-0.3, -0.25) is 4.79 Å². The maximum Gasteiger partial charge on any atom is 0.251 e. The van der Waals surface area contributed by atoms with E-state index in [0.29, 0.717) is 12.0 Å². The van der Waals surface area contributed by atoms with Gasteiger partial charge in [0.05, 0.1) is 11.8 Å². The molecule has 0 bridgehead atoms. The second kappa shape index (κ2) is 6.76. The zero-order valence-corrected chi connectivity index (χ0v) is 11.2. The Labute approximate surface area is 116 Å². The number of nitrogens with zero attached hydrogens (tertiary/aromatic N) is 4. The summed E-state index contributed by atoms with van der Waals surface area (Å²) in [6.07, 6.45) is 2.55. The second-order valence-electron chi connectivity index (χ2n) is 4.45. The standard InChI is InChI=1S/C13H17N5O2/c1-2-3-12(19)8-14-13(20)10-4-6-11(7-5-10)18-9-15-16-17-18/h4-7,9,12,19H,2-3,8H2,1H3,(H,14,20). The summed E-state index contributed by atoms with van der Waals surface area (Å²) < 4.78 is 1.51. The Kier molecular flexibility index (Phi) is 4.78. The van der Waals surface area contributed by atoms with E-state index in [2.05, 4.69) is 20.8 Å². The highest BCUT2D eigenvalue weighted by Crippen LogP contribution is 2.07. The summed E-state index contributed by atoms with van der Waals surface area (Å²) >= 11 is 0. The van der Waals surface area contributed by atoms with E-state index in [1.165, 1.54) is 11.0 Å². The number of nitrogens with one attached hydrogen (secondary N) is 1. The van der Waals surface area contributed by atoms with Crippen molar-refractivity contribution in [1.29, 1.82) is 0 Å². The van der Waals surface area contributed by atoms with Crippen molar-refractivity contribution < 1.29 is 9.90 Å². The van der Waals surface area contributed by atoms with Crippen molar-refractivity contribution in [1.82, 2.24) is 25.5 Å². The van der Waals surface area contributed by atoms with Gasteiger partial charge < -0.3 is 10.4 Å². The van der Waals surface area contributed by atoms with E-state index in [0.717, 1.165) is 12.1 Å². The molecule has 1 unspecified atom stereocenters. The Balaban J connectivity index is 1.94. The molecule has 20 heavy (non-hydrogen) atoms. The van der Waals surface area contributed by atoms with Gasteiger partial charge in [-0.25, -0.2) is 4.68 Å². The Bertz CT molecular complexity index is 538. The van der Waals surface area contributed by atoms with Gasteiger partial charge in [0.2, 0.25) is 0 Å². The summed E-state index contributed by atoms with van der Waals surface area (Å²) in [6.45, 7) is 2.25. The van der Waals surface area contributed by atoms with Crippen LogP contribution in [0.5, 0.6) is 0 Å². The van der Waals surface area contributed by atoms with Gasteiger partial charge >= 0.3 is 0 Å². The van der Waals surface area contributed by atoms with Crippen LogP contribution in [0.4, 0.5) is 0 Å². The molecular formula is C13H17N5O2. The first kappa shape index (κ1) is 14.1. The lowest BCUT2D eigenvalue weighted by Crippen LogP contribution is -2.31. The lowest BCUT2D eigenvalue weighted by Gasteiger charge is -2.10. The van der Waals surface area contributed by atoms with Crippen LogP contribution in [-0.4, -0.2) is 43.9 Å². The van der Waals surface area contributed by atoms with E-state index in [4.69, 9.17) is 0 Å². The van der Waals surface area contributed by atoms with Crippen molar-refractivity contribution in [3.8, 4) is 5.69 Å². The predicted molar refractivity (Wildman–Crippen MR) is 72.4 cm³/mol. The van der Waals surface area contributed by atoms with E-state index in [9.17, 15) is 9.90 Å². The van der Waals surface area contributed by atoms with Crippen LogP contribution in [-0.2, 0) is 0 Å². The van der Waals surface area contributed by atoms with Crippen LogP contribution in [0.1, 0.15) is 30.1 Å². The molecule has 7 nitrogen and oxygen atoms in total. The van der Waals surface area contributed by atoms with E-state index in [1.807, 2.05) is 6.92 Å². The number of carbonyl (C=O) groups excluding carboxylic acids is 1. The first-order valence-corrected chi connectivity index (χ1v) is 6.50. The number of carbonyl (C=O) groups is 1. The SMILES string of the molecule is CCCC(O)CNC(=O)c1ccc(-n2cnnn2)cc1. The molecule has 1 heterocycles. The zero-order chi connectivity index (χ0) is 14.4. The van der Waals surface area contributed by atoms with E-state index >= 15 is 0 Å². The molecule has 2 rings (SSSR count). The molecule has 1 amide bonds. The maximum absolute atomic E-state index is 11.9. The van der Waals surface area contributed by atoms with E-state index in [-0.39, 0.29) is 12.5 Å². The highest BCUT2D eigenvalue weighted by atomic mass is 16.3. The average molecular weight is 275 g/mol. The fourth-order valence-electron chi connectivity index (χ4n) is 1.79. The lowest BCUT2D eigenvalue weighted by molar-refractivity contribution is 0.0910. The smallest absolute Gasteiger partial charge is 0.251 e. The predicted octanol–water partition coefficient (Wildman–Crippen LogP) is 0.553. The Morgan fingerprint density at radius 1 is 1.40 bits per heavy atom. The van der Waals surface area contributed by atoms with Crippen LogP contribution in [0.15, 0.2) is 30.6 Å². The quantitative estimate of drug-likeness (QED) is 0.803. The van der Waals surface area contributed by atoms with Crippen molar-refractivity contribution in [3.63, 3.8) is 0 Å². The summed E-state index contributed by atoms with van der Waals surface area (Å²) in [4.78, 5) is 11.9. The molecule has 106 valence electrons. The molecule has 2 N–H and O–H groups in total. The molecule has 0 saturated carbocycles. The Hall–Kier alpha value is -2.28. The highest BCUT2D eigenvalue weighted by Gasteiger charge is 2.08. The van der Waals surface area contributed by atoms with Gasteiger partial charge in [-0.1, -0.05) is 13.3 Å². The first-order valence-electron chi connectivity index (χ1n) is 6.50. The van der Waals surface area contributed by atoms with Gasteiger partial charge in [-0.05, 0) is 41.1 Å². The summed E-state index contributed by atoms with van der Waals surface area (Å²) in [7, 11) is 0. The highest BCUT2D eigenvalue weighted by molar-refractivity contribution is 5.94. The van der Waals surface area contributed by atoms with E-state index in [1.54, 1.807) is 24.3 Å². The molecule has 0 aliphatic carbocycles. The number of hydrogen-bond donors (Lipinski definition) is 2. The number of aliphatic hydroxyl groups is 1. The molecule has 1 atom stereocenters. The molecule has 1 aromatic heterocycles. The molecule has 0 radical (unpaired) electrons. The molecular weight excluding hydrogens is 258 g/mol. The van der Waals surface area contributed by atoms with Crippen LogP contribution >= 0.6 is 0 Å². The molecule has 1 aromatic carbocycles. The molecule has 0 fully saturated rings. The minimum absolute atomic E-state index is 0.205. The van der Waals surface area contributed by atoms with Gasteiger partial charge in [-0.15, -0.1) is 5.10 Å². The zero-order valence-electron chi connectivity index (χ0n) is 11.2. The maximum atomic E-state index is 11.9. The Morgan fingerprint density at radius 2 is 2.15 bits per heavy atom. The fraction of sp³-hybridized carbons (Fsp3) is 0.385. The number of tetrazole rings is 1. The van der Waals surface area contributed by atoms with E-state index < -0.39 is 6.10 Å². The molecule has 7 heteroatoms.